The minimum Gasteiger partial charge on any atom is -0.338 e. The third-order valence-corrected chi connectivity index (χ3v) is 5.92. The Kier molecular flexibility index (Phi) is 5.19. The van der Waals surface area contributed by atoms with E-state index in [0.717, 1.165) is 6.42 Å². The summed E-state index contributed by atoms with van der Waals surface area (Å²) in [6.07, 6.45) is 3.97. The molecule has 0 radical (unpaired) electrons. The zero-order valence-corrected chi connectivity index (χ0v) is 17.1. The normalized spacial score (nSPS) is 19.3. The van der Waals surface area contributed by atoms with Crippen molar-refractivity contribution in [2.75, 3.05) is 18.4 Å². The third kappa shape index (κ3) is 3.80. The van der Waals surface area contributed by atoms with Crippen LogP contribution < -0.4 is 10.9 Å². The second-order valence-corrected chi connectivity index (χ2v) is 8.56. The number of nitrogens with one attached hydrogen (secondary N) is 1. The maximum absolute atomic E-state index is 13.1. The van der Waals surface area contributed by atoms with E-state index in [4.69, 9.17) is 0 Å². The number of piperidine rings is 1. The minimum atomic E-state index is -0.580. The molecule has 1 aromatic carbocycles. The molecule has 0 aliphatic carbocycles. The van der Waals surface area contributed by atoms with Gasteiger partial charge < -0.3 is 10.2 Å². The van der Waals surface area contributed by atoms with Gasteiger partial charge in [0.05, 0.1) is 11.3 Å². The van der Waals surface area contributed by atoms with E-state index in [1.807, 2.05) is 4.90 Å². The number of hydrogen-bond donors (Lipinski definition) is 1. The minimum absolute atomic E-state index is 0.0663. The fraction of sp³-hybridized carbons (Fsp3) is 0.333. The molecule has 0 spiro atoms. The first kappa shape index (κ1) is 19.3. The van der Waals surface area contributed by atoms with Crippen LogP contribution in [-0.4, -0.2) is 39.2 Å². The molecule has 3 aromatic rings. The lowest BCUT2D eigenvalue weighted by Crippen LogP contribution is -2.42. The van der Waals surface area contributed by atoms with Crippen molar-refractivity contribution in [3.63, 3.8) is 0 Å². The summed E-state index contributed by atoms with van der Waals surface area (Å²) in [5, 5.41) is 4.47. The highest BCUT2D eigenvalue weighted by Crippen LogP contribution is 2.25. The van der Waals surface area contributed by atoms with Crippen molar-refractivity contribution in [3.8, 4) is 0 Å². The lowest BCUT2D eigenvalue weighted by Gasteiger charge is -2.35. The molecular weight excluding hydrogens is 388 g/mol. The standard InChI is InChI=1S/C21H22N4O3S/c1-13-9-14(2)12-24(11-13)19(27)15-5-3-4-6-17(15)23-18(26)16-10-22-21-25(20(16)28)7-8-29-21/h3-8,10,13-14H,9,11-12H2,1-2H3,(H,23,26)/t13-,14+. The first-order valence-electron chi connectivity index (χ1n) is 9.58. The largest absolute Gasteiger partial charge is 0.338 e. The van der Waals surface area contributed by atoms with E-state index in [1.54, 1.807) is 35.8 Å². The molecule has 0 unspecified atom stereocenters. The quantitative estimate of drug-likeness (QED) is 0.719. The molecule has 29 heavy (non-hydrogen) atoms. The molecule has 0 bridgehead atoms. The number of hydrogen-bond acceptors (Lipinski definition) is 5. The number of likely N-dealkylation sites (tertiary alicyclic amines) is 1. The zero-order chi connectivity index (χ0) is 20.5. The number of amides is 2. The van der Waals surface area contributed by atoms with Crippen LogP contribution in [0, 0.1) is 11.8 Å². The molecule has 2 aromatic heterocycles. The van der Waals surface area contributed by atoms with E-state index in [1.165, 1.54) is 21.9 Å². The predicted octanol–water partition coefficient (Wildman–Crippen LogP) is 3.13. The van der Waals surface area contributed by atoms with Gasteiger partial charge >= 0.3 is 0 Å². The van der Waals surface area contributed by atoms with Gasteiger partial charge in [0.1, 0.15) is 5.56 Å². The topological polar surface area (TPSA) is 83.8 Å². The molecule has 1 aliphatic heterocycles. The Morgan fingerprint density at radius 2 is 1.86 bits per heavy atom. The molecule has 3 heterocycles. The molecular formula is C21H22N4O3S. The van der Waals surface area contributed by atoms with Gasteiger partial charge in [-0.2, -0.15) is 0 Å². The van der Waals surface area contributed by atoms with Gasteiger partial charge in [-0.05, 0) is 30.4 Å². The van der Waals surface area contributed by atoms with Crippen LogP contribution in [0.1, 0.15) is 41.0 Å². The summed E-state index contributed by atoms with van der Waals surface area (Å²) in [6.45, 7) is 5.69. The Bertz CT molecular complexity index is 1130. The molecule has 1 N–H and O–H groups in total. The summed E-state index contributed by atoms with van der Waals surface area (Å²) in [5.74, 6) is 0.187. The summed E-state index contributed by atoms with van der Waals surface area (Å²) in [6, 6.07) is 6.90. The van der Waals surface area contributed by atoms with Crippen molar-refractivity contribution in [2.24, 2.45) is 11.8 Å². The fourth-order valence-corrected chi connectivity index (χ4v) is 4.62. The van der Waals surface area contributed by atoms with Crippen LogP contribution in [0.25, 0.3) is 4.96 Å². The second kappa shape index (κ2) is 7.79. The molecule has 7 nitrogen and oxygen atoms in total. The molecule has 2 amide bonds. The maximum Gasteiger partial charge on any atom is 0.271 e. The first-order chi connectivity index (χ1) is 13.9. The Balaban J connectivity index is 1.61. The van der Waals surface area contributed by atoms with E-state index in [9.17, 15) is 14.4 Å². The maximum atomic E-state index is 13.1. The smallest absolute Gasteiger partial charge is 0.271 e. The Hall–Kier alpha value is -3.00. The summed E-state index contributed by atoms with van der Waals surface area (Å²) < 4.78 is 1.34. The first-order valence-corrected chi connectivity index (χ1v) is 10.5. The van der Waals surface area contributed by atoms with E-state index in [-0.39, 0.29) is 11.5 Å². The van der Waals surface area contributed by atoms with Crippen molar-refractivity contribution in [1.82, 2.24) is 14.3 Å². The number of anilines is 1. The van der Waals surface area contributed by atoms with Crippen LogP contribution in [-0.2, 0) is 0 Å². The predicted molar refractivity (Wildman–Crippen MR) is 113 cm³/mol. The van der Waals surface area contributed by atoms with Crippen LogP contribution in [0.3, 0.4) is 0 Å². The third-order valence-electron chi connectivity index (χ3n) is 5.15. The number of para-hydroxylation sites is 1. The Labute approximate surface area is 172 Å². The van der Waals surface area contributed by atoms with E-state index in [0.29, 0.717) is 41.1 Å². The average molecular weight is 410 g/mol. The van der Waals surface area contributed by atoms with Gasteiger partial charge in [-0.3, -0.25) is 18.8 Å². The van der Waals surface area contributed by atoms with Crippen molar-refractivity contribution in [3.05, 3.63) is 63.5 Å². The highest BCUT2D eigenvalue weighted by Gasteiger charge is 2.27. The van der Waals surface area contributed by atoms with Gasteiger partial charge in [-0.15, -0.1) is 11.3 Å². The monoisotopic (exact) mass is 410 g/mol. The zero-order valence-electron chi connectivity index (χ0n) is 16.3. The highest BCUT2D eigenvalue weighted by molar-refractivity contribution is 7.15. The van der Waals surface area contributed by atoms with Crippen LogP contribution in [0.2, 0.25) is 0 Å². The molecule has 0 saturated carbocycles. The van der Waals surface area contributed by atoms with E-state index < -0.39 is 11.5 Å². The summed E-state index contributed by atoms with van der Waals surface area (Å²) in [4.78, 5) is 45.0. The van der Waals surface area contributed by atoms with Crippen molar-refractivity contribution < 1.29 is 9.59 Å². The van der Waals surface area contributed by atoms with Gasteiger partial charge in [0.25, 0.3) is 17.4 Å². The van der Waals surface area contributed by atoms with Gasteiger partial charge in [-0.1, -0.05) is 26.0 Å². The number of carbonyl (C=O) groups excluding carboxylic acids is 2. The Morgan fingerprint density at radius 3 is 2.62 bits per heavy atom. The van der Waals surface area contributed by atoms with Gasteiger partial charge in [0.2, 0.25) is 0 Å². The SMILES string of the molecule is C[C@@H]1C[C@H](C)CN(C(=O)c2ccccc2NC(=O)c2cnc3sccn3c2=O)C1. The number of thiazole rings is 1. The van der Waals surface area contributed by atoms with Crippen LogP contribution >= 0.6 is 11.3 Å². The average Bonchev–Trinajstić information content (AvgIpc) is 3.17. The summed E-state index contributed by atoms with van der Waals surface area (Å²) in [5.41, 5.74) is 0.314. The number of nitrogens with zero attached hydrogens (tertiary/aromatic N) is 3. The number of benzene rings is 1. The number of fused-ring (bicyclic) bond motifs is 1. The summed E-state index contributed by atoms with van der Waals surface area (Å²) >= 11 is 1.32. The van der Waals surface area contributed by atoms with Gasteiger partial charge in [0, 0.05) is 30.9 Å². The molecule has 1 saturated heterocycles. The second-order valence-electron chi connectivity index (χ2n) is 7.69. The molecule has 150 valence electrons. The Morgan fingerprint density at radius 1 is 1.14 bits per heavy atom. The molecule has 2 atom stereocenters. The fourth-order valence-electron chi connectivity index (χ4n) is 3.95. The van der Waals surface area contributed by atoms with Crippen molar-refractivity contribution >= 4 is 33.8 Å². The van der Waals surface area contributed by atoms with E-state index >= 15 is 0 Å². The number of aromatic nitrogens is 2. The highest BCUT2D eigenvalue weighted by atomic mass is 32.1. The molecule has 1 fully saturated rings. The molecule has 8 heteroatoms. The number of carbonyl (C=O) groups is 2. The summed E-state index contributed by atoms with van der Waals surface area (Å²) in [7, 11) is 0. The lowest BCUT2D eigenvalue weighted by molar-refractivity contribution is 0.0624. The van der Waals surface area contributed by atoms with Gasteiger partial charge in [0.15, 0.2) is 4.96 Å². The van der Waals surface area contributed by atoms with Gasteiger partial charge in [-0.25, -0.2) is 4.98 Å². The lowest BCUT2D eigenvalue weighted by atomic mass is 9.91. The molecule has 1 aliphatic rings. The molecule has 4 rings (SSSR count). The van der Waals surface area contributed by atoms with Crippen LogP contribution in [0.4, 0.5) is 5.69 Å². The van der Waals surface area contributed by atoms with Crippen molar-refractivity contribution in [2.45, 2.75) is 20.3 Å². The number of rotatable bonds is 3. The van der Waals surface area contributed by atoms with Crippen molar-refractivity contribution in [1.29, 1.82) is 0 Å². The van der Waals surface area contributed by atoms with Crippen LogP contribution in [0.15, 0.2) is 46.8 Å². The van der Waals surface area contributed by atoms with Crippen LogP contribution in [0.5, 0.6) is 0 Å². The van der Waals surface area contributed by atoms with E-state index in [2.05, 4.69) is 24.1 Å².